The summed E-state index contributed by atoms with van der Waals surface area (Å²) in [4.78, 5) is 26.0. The molecule has 22 heavy (non-hydrogen) atoms. The molecule has 4 heteroatoms. The Morgan fingerprint density at radius 3 is 2.50 bits per heavy atom. The van der Waals surface area contributed by atoms with Crippen LogP contribution in [0.25, 0.3) is 12.2 Å². The van der Waals surface area contributed by atoms with E-state index in [1.54, 1.807) is 19.9 Å². The van der Waals surface area contributed by atoms with Gasteiger partial charge in [0.25, 0.3) is 0 Å². The fourth-order valence-corrected chi connectivity index (χ4v) is 2.03. The number of carbonyl (C=O) groups excluding carboxylic acids is 1. The fourth-order valence-electron chi connectivity index (χ4n) is 2.03. The first kappa shape index (κ1) is 15.8. The van der Waals surface area contributed by atoms with Crippen LogP contribution in [0, 0.1) is 0 Å². The monoisotopic (exact) mass is 297 g/mol. The maximum absolute atomic E-state index is 11.7. The third-order valence-electron chi connectivity index (χ3n) is 2.89. The molecule has 0 spiro atoms. The van der Waals surface area contributed by atoms with Crippen LogP contribution in [0.1, 0.15) is 30.7 Å². The summed E-state index contributed by atoms with van der Waals surface area (Å²) in [6.45, 7) is 3.58. The first-order valence-corrected chi connectivity index (χ1v) is 7.19. The second-order valence-electron chi connectivity index (χ2n) is 5.26. The van der Waals surface area contributed by atoms with Gasteiger partial charge in [0, 0.05) is 11.8 Å². The molecule has 0 atom stereocenters. The Bertz CT molecular complexity index is 715. The molecule has 0 saturated heterocycles. The van der Waals surface area contributed by atoms with E-state index in [1.807, 2.05) is 42.5 Å². The molecule has 0 bridgehead atoms. The highest BCUT2D eigenvalue weighted by atomic mass is 16.5. The van der Waals surface area contributed by atoms with Crippen molar-refractivity contribution in [2.75, 3.05) is 0 Å². The van der Waals surface area contributed by atoms with Gasteiger partial charge in [-0.1, -0.05) is 42.5 Å². The van der Waals surface area contributed by atoms with Gasteiger partial charge in [0.15, 0.2) is 0 Å². The molecule has 0 aliphatic rings. The quantitative estimate of drug-likeness (QED) is 0.863. The lowest BCUT2D eigenvalue weighted by atomic mass is 10.1. The van der Waals surface area contributed by atoms with E-state index < -0.39 is 0 Å². The van der Waals surface area contributed by atoms with Crippen molar-refractivity contribution in [3.8, 4) is 0 Å². The zero-order valence-corrected chi connectivity index (χ0v) is 12.7. The van der Waals surface area contributed by atoms with Gasteiger partial charge in [-0.05, 0) is 31.0 Å². The molecule has 1 heterocycles. The third-order valence-corrected chi connectivity index (χ3v) is 2.89. The van der Waals surface area contributed by atoms with Crippen LogP contribution < -0.4 is 5.56 Å². The number of hydrogen-bond acceptors (Lipinski definition) is 3. The van der Waals surface area contributed by atoms with E-state index >= 15 is 0 Å². The lowest BCUT2D eigenvalue weighted by Gasteiger charge is -2.08. The van der Waals surface area contributed by atoms with E-state index in [4.69, 9.17) is 4.74 Å². The molecule has 0 fully saturated rings. The number of benzene rings is 1. The Morgan fingerprint density at radius 1 is 1.14 bits per heavy atom. The molecular weight excluding hydrogens is 278 g/mol. The summed E-state index contributed by atoms with van der Waals surface area (Å²) < 4.78 is 5.08. The van der Waals surface area contributed by atoms with Gasteiger partial charge in [0.1, 0.15) is 0 Å². The van der Waals surface area contributed by atoms with Crippen LogP contribution in [0.2, 0.25) is 0 Å². The zero-order chi connectivity index (χ0) is 15.9. The first-order valence-electron chi connectivity index (χ1n) is 7.19. The van der Waals surface area contributed by atoms with Crippen LogP contribution in [-0.4, -0.2) is 17.1 Å². The second kappa shape index (κ2) is 7.41. The van der Waals surface area contributed by atoms with Gasteiger partial charge < -0.3 is 9.72 Å². The summed E-state index contributed by atoms with van der Waals surface area (Å²) in [5, 5.41) is 0. The molecular formula is C18H19NO3. The lowest BCUT2D eigenvalue weighted by Crippen LogP contribution is -2.17. The fraction of sp³-hybridized carbons (Fsp3) is 0.222. The number of carbonyl (C=O) groups is 1. The molecule has 0 amide bonds. The maximum atomic E-state index is 11.7. The molecule has 1 aromatic carbocycles. The number of aromatic nitrogens is 1. The largest absolute Gasteiger partial charge is 0.463 e. The van der Waals surface area contributed by atoms with Crippen molar-refractivity contribution in [2.24, 2.45) is 0 Å². The number of aromatic amines is 1. The molecule has 2 rings (SSSR count). The van der Waals surface area contributed by atoms with E-state index in [9.17, 15) is 9.59 Å². The highest BCUT2D eigenvalue weighted by Crippen LogP contribution is 2.08. The van der Waals surface area contributed by atoms with Gasteiger partial charge in [-0.2, -0.15) is 0 Å². The highest BCUT2D eigenvalue weighted by Gasteiger charge is 2.08. The highest BCUT2D eigenvalue weighted by molar-refractivity contribution is 5.73. The van der Waals surface area contributed by atoms with Crippen LogP contribution in [0.3, 0.4) is 0 Å². The minimum absolute atomic E-state index is 0.0560. The summed E-state index contributed by atoms with van der Waals surface area (Å²) in [7, 11) is 0. The molecule has 1 N–H and O–H groups in total. The molecule has 0 aliphatic carbocycles. The SMILES string of the molecule is CC(C)OC(=O)Cc1cc(/C=C/c2ccccc2)cc(=O)[nH]1. The number of ether oxygens (including phenoxy) is 1. The second-order valence-corrected chi connectivity index (χ2v) is 5.26. The van der Waals surface area contributed by atoms with E-state index in [0.29, 0.717) is 5.69 Å². The number of hydrogen-bond donors (Lipinski definition) is 1. The molecule has 114 valence electrons. The van der Waals surface area contributed by atoms with Crippen molar-refractivity contribution in [1.29, 1.82) is 0 Å². The Labute approximate surface area is 129 Å². The van der Waals surface area contributed by atoms with E-state index in [-0.39, 0.29) is 24.1 Å². The molecule has 0 aliphatic heterocycles. The van der Waals surface area contributed by atoms with Gasteiger partial charge in [0.2, 0.25) is 5.56 Å². The van der Waals surface area contributed by atoms with E-state index in [1.165, 1.54) is 6.07 Å². The summed E-state index contributed by atoms with van der Waals surface area (Å²) in [6.07, 6.45) is 3.66. The van der Waals surface area contributed by atoms with Crippen molar-refractivity contribution in [1.82, 2.24) is 4.98 Å². The molecule has 2 aromatic rings. The predicted molar refractivity (Wildman–Crippen MR) is 87.4 cm³/mol. The smallest absolute Gasteiger partial charge is 0.312 e. The minimum Gasteiger partial charge on any atom is -0.463 e. The van der Waals surface area contributed by atoms with Crippen molar-refractivity contribution >= 4 is 18.1 Å². The molecule has 0 radical (unpaired) electrons. The average Bonchev–Trinajstić information content (AvgIpc) is 2.44. The first-order chi connectivity index (χ1) is 10.5. The normalized spacial score (nSPS) is 11.0. The van der Waals surface area contributed by atoms with Gasteiger partial charge in [-0.3, -0.25) is 9.59 Å². The van der Waals surface area contributed by atoms with Gasteiger partial charge in [-0.25, -0.2) is 0 Å². The molecule has 0 saturated carbocycles. The van der Waals surface area contributed by atoms with Gasteiger partial charge in [0.05, 0.1) is 12.5 Å². The summed E-state index contributed by atoms with van der Waals surface area (Å²) in [5.74, 6) is -0.352. The number of nitrogens with one attached hydrogen (secondary N) is 1. The number of pyridine rings is 1. The van der Waals surface area contributed by atoms with E-state index in [2.05, 4.69) is 4.98 Å². The Kier molecular flexibility index (Phi) is 5.31. The van der Waals surface area contributed by atoms with Gasteiger partial charge >= 0.3 is 5.97 Å². The van der Waals surface area contributed by atoms with Crippen LogP contribution in [0.5, 0.6) is 0 Å². The summed E-state index contributed by atoms with van der Waals surface area (Å²) in [5.41, 5.74) is 2.11. The maximum Gasteiger partial charge on any atom is 0.312 e. The van der Waals surface area contributed by atoms with E-state index in [0.717, 1.165) is 11.1 Å². The Morgan fingerprint density at radius 2 is 1.82 bits per heavy atom. The van der Waals surface area contributed by atoms with Crippen molar-refractivity contribution < 1.29 is 9.53 Å². The van der Waals surface area contributed by atoms with Crippen LogP contribution in [0.4, 0.5) is 0 Å². The van der Waals surface area contributed by atoms with Crippen LogP contribution in [0.15, 0.2) is 47.3 Å². The average molecular weight is 297 g/mol. The molecule has 1 aromatic heterocycles. The van der Waals surface area contributed by atoms with Crippen LogP contribution in [-0.2, 0) is 16.0 Å². The van der Waals surface area contributed by atoms with Crippen molar-refractivity contribution in [3.05, 3.63) is 69.6 Å². The van der Waals surface area contributed by atoms with Crippen molar-refractivity contribution in [3.63, 3.8) is 0 Å². The van der Waals surface area contributed by atoms with Crippen LogP contribution >= 0.6 is 0 Å². The predicted octanol–water partition coefficient (Wildman–Crippen LogP) is 3.04. The summed E-state index contributed by atoms with van der Waals surface area (Å²) in [6, 6.07) is 13.1. The lowest BCUT2D eigenvalue weighted by molar-refractivity contribution is -0.146. The number of H-pyrrole nitrogens is 1. The summed E-state index contributed by atoms with van der Waals surface area (Å²) >= 11 is 0. The molecule has 0 unspecified atom stereocenters. The third kappa shape index (κ3) is 5.05. The number of esters is 1. The standard InChI is InChI=1S/C18H19NO3/c1-13(2)22-18(21)12-16-10-15(11-17(20)19-16)9-8-14-6-4-3-5-7-14/h3-11,13H,12H2,1-2H3,(H,19,20)/b9-8+. The number of rotatable bonds is 5. The van der Waals surface area contributed by atoms with Crippen molar-refractivity contribution in [2.45, 2.75) is 26.4 Å². The topological polar surface area (TPSA) is 59.2 Å². The Balaban J connectivity index is 2.15. The minimum atomic E-state index is -0.352. The van der Waals surface area contributed by atoms with Gasteiger partial charge in [-0.15, -0.1) is 0 Å². The zero-order valence-electron chi connectivity index (χ0n) is 12.7. The Hall–Kier alpha value is -2.62. The molecule has 4 nitrogen and oxygen atoms in total.